The molecule has 0 bridgehead atoms. The van der Waals surface area contributed by atoms with Crippen molar-refractivity contribution in [3.63, 3.8) is 0 Å². The van der Waals surface area contributed by atoms with E-state index < -0.39 is 10.0 Å². The number of carbonyl (C=O) groups excluding carboxylic acids is 2. The van der Waals surface area contributed by atoms with Crippen LogP contribution in [0.25, 0.3) is 11.1 Å². The lowest BCUT2D eigenvalue weighted by atomic mass is 9.86. The molecule has 0 aliphatic heterocycles. The number of aryl methyl sites for hydroxylation is 2. The van der Waals surface area contributed by atoms with E-state index in [0.29, 0.717) is 5.69 Å². The predicted molar refractivity (Wildman–Crippen MR) is 168 cm³/mol. The van der Waals surface area contributed by atoms with Crippen molar-refractivity contribution in [2.75, 3.05) is 17.1 Å². The van der Waals surface area contributed by atoms with E-state index in [9.17, 15) is 13.2 Å². The van der Waals surface area contributed by atoms with Crippen molar-refractivity contribution < 1.29 is 18.0 Å². The highest BCUT2D eigenvalue weighted by Gasteiger charge is 2.28. The molecule has 4 aromatic rings. The largest absolute Gasteiger partial charge is 0.372 e. The average molecular weight is 585 g/mol. The minimum Gasteiger partial charge on any atom is -0.372 e. The predicted octanol–water partition coefficient (Wildman–Crippen LogP) is 6.41. The number of nitrogens with two attached hydrogens (primary N) is 1. The highest BCUT2D eigenvalue weighted by atomic mass is 32.2. The monoisotopic (exact) mass is 584 g/mol. The maximum absolute atomic E-state index is 13.4. The number of fused-ring (bicyclic) bond motifs is 1. The van der Waals surface area contributed by atoms with E-state index in [-0.39, 0.29) is 23.4 Å². The third kappa shape index (κ3) is 6.98. The van der Waals surface area contributed by atoms with Gasteiger partial charge in [-0.2, -0.15) is 0 Å². The molecule has 0 saturated heterocycles. The van der Waals surface area contributed by atoms with E-state index in [1.807, 2.05) is 80.6 Å². The number of para-hydroxylation sites is 1. The fourth-order valence-electron chi connectivity index (χ4n) is 5.22. The number of anilines is 2. The molecule has 4 N–H and O–H groups in total. The highest BCUT2D eigenvalue weighted by Crippen LogP contribution is 2.36. The van der Waals surface area contributed by atoms with Gasteiger partial charge in [0.2, 0.25) is 6.41 Å². The van der Waals surface area contributed by atoms with Gasteiger partial charge in [0.1, 0.15) is 0 Å². The van der Waals surface area contributed by atoms with Gasteiger partial charge in [-0.3, -0.25) is 9.52 Å². The molecule has 218 valence electrons. The molecule has 0 fully saturated rings. The lowest BCUT2D eigenvalue weighted by Gasteiger charge is -2.33. The fraction of sp³-hybridized carbons (Fsp3) is 0.212. The van der Waals surface area contributed by atoms with Gasteiger partial charge in [0.25, 0.3) is 10.0 Å². The quantitative estimate of drug-likeness (QED) is 0.227. The Morgan fingerprint density at radius 3 is 2.38 bits per heavy atom. The van der Waals surface area contributed by atoms with Gasteiger partial charge in [0.15, 0.2) is 0 Å². The van der Waals surface area contributed by atoms with Crippen LogP contribution >= 0.6 is 0 Å². The number of nitrogens with one attached hydrogen (secondary N) is 2. The Labute approximate surface area is 247 Å². The second kappa shape index (κ2) is 13.4. The lowest BCUT2D eigenvalue weighted by Crippen LogP contribution is -2.36. The van der Waals surface area contributed by atoms with Crippen molar-refractivity contribution in [1.29, 1.82) is 0 Å². The van der Waals surface area contributed by atoms with Crippen molar-refractivity contribution in [3.05, 3.63) is 113 Å². The summed E-state index contributed by atoms with van der Waals surface area (Å²) >= 11 is 0. The van der Waals surface area contributed by atoms with E-state index in [2.05, 4.69) is 15.8 Å². The van der Waals surface area contributed by atoms with Crippen LogP contribution < -0.4 is 15.8 Å². The molecule has 9 heteroatoms. The number of benzene rings is 4. The number of carbonyl (C=O) groups is 2. The van der Waals surface area contributed by atoms with Crippen LogP contribution in [0.15, 0.2) is 95.9 Å². The topological polar surface area (TPSA) is 122 Å². The molecular formula is C33H36N4O4S. The van der Waals surface area contributed by atoms with Gasteiger partial charge in [-0.1, -0.05) is 54.6 Å². The summed E-state index contributed by atoms with van der Waals surface area (Å²) in [7, 11) is -2.05. The summed E-state index contributed by atoms with van der Waals surface area (Å²) in [6, 6.07) is 27.7. The Balaban J connectivity index is 0.00000129. The summed E-state index contributed by atoms with van der Waals surface area (Å²) in [4.78, 5) is 23.5. The van der Waals surface area contributed by atoms with Crippen molar-refractivity contribution in [2.24, 2.45) is 5.73 Å². The number of urea groups is 1. The minimum atomic E-state index is -3.83. The molecule has 0 aromatic heterocycles. The third-order valence-corrected chi connectivity index (χ3v) is 8.93. The summed E-state index contributed by atoms with van der Waals surface area (Å²) in [5, 5.41) is 2.95. The average Bonchev–Trinajstić information content (AvgIpc) is 2.98. The number of amides is 3. The number of primary amides is 1. The van der Waals surface area contributed by atoms with Crippen LogP contribution in [0.4, 0.5) is 16.2 Å². The molecule has 4 aromatic carbocycles. The molecule has 0 saturated carbocycles. The Morgan fingerprint density at radius 2 is 1.64 bits per heavy atom. The maximum atomic E-state index is 13.4. The zero-order valence-corrected chi connectivity index (χ0v) is 24.8. The lowest BCUT2D eigenvalue weighted by molar-refractivity contribution is -0.106. The molecule has 1 unspecified atom stereocenters. The third-order valence-electron chi connectivity index (χ3n) is 7.55. The Kier molecular flexibility index (Phi) is 9.64. The van der Waals surface area contributed by atoms with Crippen molar-refractivity contribution in [2.45, 2.75) is 44.0 Å². The first-order valence-corrected chi connectivity index (χ1v) is 15.2. The Morgan fingerprint density at radius 1 is 0.929 bits per heavy atom. The molecule has 5 rings (SSSR count). The molecule has 42 heavy (non-hydrogen) atoms. The zero-order chi connectivity index (χ0) is 30.3. The van der Waals surface area contributed by atoms with Crippen LogP contribution in [-0.2, 0) is 21.2 Å². The number of hydrogen-bond acceptors (Lipinski definition) is 4. The van der Waals surface area contributed by atoms with Crippen molar-refractivity contribution >= 4 is 33.8 Å². The molecule has 1 aliphatic carbocycles. The standard InChI is InChI=1S/C32H33N3O3S.CH3NO/c1-22-10-7-16-29(23(22)2)25-12-8-15-28(20-25)39(37,38)34-27-19-18-24-11-9-17-31(30(24)21-27)35(3)32(36)33-26-13-5-4-6-14-26;2-1-3/h4-8,10,12-16,18-21,31,34H,9,11,17H2,1-3H3,(H,33,36);1H,(H2,2,3). The summed E-state index contributed by atoms with van der Waals surface area (Å²) in [5.41, 5.74) is 11.6. The van der Waals surface area contributed by atoms with Gasteiger partial charge < -0.3 is 16.0 Å². The second-order valence-corrected chi connectivity index (χ2v) is 11.9. The minimum absolute atomic E-state index is 0.158. The molecule has 0 radical (unpaired) electrons. The van der Waals surface area contributed by atoms with Gasteiger partial charge >= 0.3 is 6.03 Å². The van der Waals surface area contributed by atoms with E-state index in [1.165, 1.54) is 0 Å². The summed E-state index contributed by atoms with van der Waals surface area (Å²) in [5.74, 6) is 0. The normalized spacial score (nSPS) is 14.0. The van der Waals surface area contributed by atoms with Gasteiger partial charge in [-0.15, -0.1) is 0 Å². The molecule has 1 atom stereocenters. The van der Waals surface area contributed by atoms with Crippen molar-refractivity contribution in [1.82, 2.24) is 4.90 Å². The smallest absolute Gasteiger partial charge is 0.322 e. The first-order valence-electron chi connectivity index (χ1n) is 13.7. The summed E-state index contributed by atoms with van der Waals surface area (Å²) < 4.78 is 29.7. The molecule has 1 aliphatic rings. The molecule has 0 heterocycles. The van der Waals surface area contributed by atoms with Crippen LogP contribution in [-0.4, -0.2) is 32.8 Å². The van der Waals surface area contributed by atoms with Crippen LogP contribution in [0, 0.1) is 13.8 Å². The number of hydrogen-bond donors (Lipinski definition) is 3. The van der Waals surface area contributed by atoms with Crippen LogP contribution in [0.1, 0.15) is 41.1 Å². The SMILES string of the molecule is Cc1cccc(-c2cccc(S(=O)(=O)Nc3ccc4c(c3)C(N(C)C(=O)Nc3ccccc3)CCC4)c2)c1C.NC=O. The number of sulfonamides is 1. The summed E-state index contributed by atoms with van der Waals surface area (Å²) in [6.07, 6.45) is 2.90. The van der Waals surface area contributed by atoms with E-state index in [1.54, 1.807) is 36.2 Å². The highest BCUT2D eigenvalue weighted by molar-refractivity contribution is 7.92. The molecule has 3 amide bonds. The van der Waals surface area contributed by atoms with Gasteiger partial charge in [-0.25, -0.2) is 13.2 Å². The van der Waals surface area contributed by atoms with Gasteiger partial charge in [0.05, 0.1) is 10.9 Å². The first kappa shape index (κ1) is 30.3. The van der Waals surface area contributed by atoms with Crippen molar-refractivity contribution in [3.8, 4) is 11.1 Å². The molecular weight excluding hydrogens is 548 g/mol. The second-order valence-electron chi connectivity index (χ2n) is 10.2. The Bertz CT molecular complexity index is 1670. The van der Waals surface area contributed by atoms with Gasteiger partial charge in [0, 0.05) is 18.4 Å². The molecule has 8 nitrogen and oxygen atoms in total. The zero-order valence-electron chi connectivity index (χ0n) is 24.0. The van der Waals surface area contributed by atoms with Gasteiger partial charge in [-0.05, 0) is 103 Å². The first-order chi connectivity index (χ1) is 20.1. The van der Waals surface area contributed by atoms with E-state index in [4.69, 9.17) is 4.79 Å². The summed E-state index contributed by atoms with van der Waals surface area (Å²) in [6.45, 7) is 4.10. The van der Waals surface area contributed by atoms with Crippen LogP contribution in [0.3, 0.4) is 0 Å². The number of nitrogens with zero attached hydrogens (tertiary/aromatic N) is 1. The van der Waals surface area contributed by atoms with E-state index >= 15 is 0 Å². The Hall–Kier alpha value is -4.63. The molecule has 0 spiro atoms. The van der Waals surface area contributed by atoms with E-state index in [0.717, 1.165) is 58.3 Å². The maximum Gasteiger partial charge on any atom is 0.322 e. The van der Waals surface area contributed by atoms with Crippen LogP contribution in [0.2, 0.25) is 0 Å². The fourth-order valence-corrected chi connectivity index (χ4v) is 6.32. The van der Waals surface area contributed by atoms with Crippen LogP contribution in [0.5, 0.6) is 0 Å². The number of rotatable bonds is 6.